The number of hydrogen-bond donors (Lipinski definition) is 0. The van der Waals surface area contributed by atoms with Crippen molar-refractivity contribution in [3.8, 4) is 5.75 Å². The van der Waals surface area contributed by atoms with E-state index in [1.165, 1.54) is 5.56 Å². The summed E-state index contributed by atoms with van der Waals surface area (Å²) in [7, 11) is 3.80. The Hall–Kier alpha value is -2.59. The maximum Gasteiger partial charge on any atom is 0.187 e. The third kappa shape index (κ3) is 5.07. The first-order valence-electron chi connectivity index (χ1n) is 10.2. The summed E-state index contributed by atoms with van der Waals surface area (Å²) in [5, 5.41) is 0. The average molecular weight is 393 g/mol. The van der Waals surface area contributed by atoms with Gasteiger partial charge in [-0.05, 0) is 54.4 Å². The van der Waals surface area contributed by atoms with E-state index in [0.717, 1.165) is 48.7 Å². The van der Waals surface area contributed by atoms with Crippen LogP contribution in [0.4, 0.5) is 5.69 Å². The zero-order chi connectivity index (χ0) is 21.0. The number of carbonyl (C=O) groups is 1. The number of piperazine rings is 1. The first-order chi connectivity index (χ1) is 13.8. The summed E-state index contributed by atoms with van der Waals surface area (Å²) in [6.07, 6.45) is 3.54. The first kappa shape index (κ1) is 21.1. The minimum absolute atomic E-state index is 0.0164. The number of hydrogen-bond acceptors (Lipinski definition) is 4. The van der Waals surface area contributed by atoms with Crippen LogP contribution in [0.5, 0.6) is 5.75 Å². The maximum atomic E-state index is 13.1. The Morgan fingerprint density at radius 3 is 2.38 bits per heavy atom. The van der Waals surface area contributed by atoms with Crippen molar-refractivity contribution in [3.05, 3.63) is 65.2 Å². The lowest BCUT2D eigenvalue weighted by Gasteiger charge is -2.34. The van der Waals surface area contributed by atoms with Gasteiger partial charge in [-0.25, -0.2) is 0 Å². The predicted molar refractivity (Wildman–Crippen MR) is 121 cm³/mol. The van der Waals surface area contributed by atoms with Crippen molar-refractivity contribution in [2.45, 2.75) is 26.2 Å². The molecule has 1 fully saturated rings. The summed E-state index contributed by atoms with van der Waals surface area (Å²) in [6.45, 7) is 10.4. The van der Waals surface area contributed by atoms with Crippen molar-refractivity contribution in [2.24, 2.45) is 0 Å². The molecule has 1 aliphatic rings. The van der Waals surface area contributed by atoms with Crippen molar-refractivity contribution >= 4 is 17.5 Å². The Morgan fingerprint density at radius 2 is 1.72 bits per heavy atom. The molecule has 0 radical (unpaired) electrons. The van der Waals surface area contributed by atoms with E-state index < -0.39 is 0 Å². The molecule has 4 nitrogen and oxygen atoms in total. The lowest BCUT2D eigenvalue weighted by atomic mass is 9.86. The van der Waals surface area contributed by atoms with E-state index in [4.69, 9.17) is 4.74 Å². The van der Waals surface area contributed by atoms with Gasteiger partial charge < -0.3 is 14.5 Å². The van der Waals surface area contributed by atoms with Crippen LogP contribution in [0.25, 0.3) is 6.08 Å². The third-order valence-corrected chi connectivity index (χ3v) is 5.52. The highest BCUT2D eigenvalue weighted by Crippen LogP contribution is 2.29. The van der Waals surface area contributed by atoms with Gasteiger partial charge in [-0.2, -0.15) is 0 Å². The largest absolute Gasteiger partial charge is 0.496 e. The minimum Gasteiger partial charge on any atom is -0.496 e. The number of ether oxygens (including phenoxy) is 1. The van der Waals surface area contributed by atoms with Gasteiger partial charge in [0.25, 0.3) is 0 Å². The molecular weight excluding hydrogens is 360 g/mol. The normalized spacial score (nSPS) is 15.7. The van der Waals surface area contributed by atoms with Crippen LogP contribution in [0.15, 0.2) is 48.5 Å². The highest BCUT2D eigenvalue weighted by molar-refractivity contribution is 6.10. The molecule has 4 heteroatoms. The lowest BCUT2D eigenvalue weighted by molar-refractivity contribution is 0.104. The molecule has 1 aliphatic heterocycles. The van der Waals surface area contributed by atoms with E-state index in [1.54, 1.807) is 13.2 Å². The third-order valence-electron chi connectivity index (χ3n) is 5.52. The van der Waals surface area contributed by atoms with Crippen molar-refractivity contribution in [2.75, 3.05) is 45.2 Å². The number of likely N-dealkylation sites (N-methyl/N-ethyl adjacent to an activating group) is 1. The molecule has 0 atom stereocenters. The smallest absolute Gasteiger partial charge is 0.187 e. The van der Waals surface area contributed by atoms with E-state index in [9.17, 15) is 4.79 Å². The Kier molecular flexibility index (Phi) is 6.43. The fourth-order valence-electron chi connectivity index (χ4n) is 3.59. The lowest BCUT2D eigenvalue weighted by Crippen LogP contribution is -2.44. The molecule has 0 N–H and O–H groups in total. The summed E-state index contributed by atoms with van der Waals surface area (Å²) in [6, 6.07) is 14.1. The molecule has 0 amide bonds. The monoisotopic (exact) mass is 392 g/mol. The van der Waals surface area contributed by atoms with Gasteiger partial charge in [0.15, 0.2) is 5.78 Å². The highest BCUT2D eigenvalue weighted by atomic mass is 16.5. The van der Waals surface area contributed by atoms with Gasteiger partial charge in [0.1, 0.15) is 5.75 Å². The molecule has 0 unspecified atom stereocenters. The van der Waals surface area contributed by atoms with E-state index >= 15 is 0 Å². The molecule has 3 rings (SSSR count). The zero-order valence-corrected chi connectivity index (χ0v) is 18.2. The predicted octanol–water partition coefficient (Wildman–Crippen LogP) is 4.64. The van der Waals surface area contributed by atoms with Crippen LogP contribution in [0.1, 0.15) is 42.3 Å². The second kappa shape index (κ2) is 8.83. The fourth-order valence-corrected chi connectivity index (χ4v) is 3.59. The average Bonchev–Trinajstić information content (AvgIpc) is 2.71. The van der Waals surface area contributed by atoms with E-state index in [1.807, 2.05) is 36.4 Å². The Morgan fingerprint density at radius 1 is 1.03 bits per heavy atom. The van der Waals surface area contributed by atoms with Crippen molar-refractivity contribution in [1.82, 2.24) is 4.90 Å². The molecule has 154 valence electrons. The topological polar surface area (TPSA) is 32.8 Å². The molecule has 0 saturated carbocycles. The van der Waals surface area contributed by atoms with Crippen LogP contribution < -0.4 is 9.64 Å². The molecule has 0 aromatic heterocycles. The SMILES string of the molecule is COc1ccc(C(C)(C)C)cc1/C=C/C(=O)c1ccccc1N1CCN(C)CC1. The van der Waals surface area contributed by atoms with Crippen LogP contribution in [-0.2, 0) is 5.41 Å². The van der Waals surface area contributed by atoms with E-state index in [0.29, 0.717) is 0 Å². The van der Waals surface area contributed by atoms with E-state index in [-0.39, 0.29) is 11.2 Å². The van der Waals surface area contributed by atoms with Crippen LogP contribution >= 0.6 is 0 Å². The van der Waals surface area contributed by atoms with Crippen LogP contribution in [-0.4, -0.2) is 51.0 Å². The Balaban J connectivity index is 1.87. The molecule has 2 aromatic carbocycles. The standard InChI is InChI=1S/C25H32N2O2/c1-25(2,3)20-11-13-24(29-5)19(18-20)10-12-23(28)21-8-6-7-9-22(21)27-16-14-26(4)15-17-27/h6-13,18H,14-17H2,1-5H3/b12-10+. The van der Waals surface area contributed by atoms with Crippen LogP contribution in [0.2, 0.25) is 0 Å². The summed E-state index contributed by atoms with van der Waals surface area (Å²) >= 11 is 0. The molecular formula is C25H32N2O2. The number of para-hydroxylation sites is 1. The second-order valence-corrected chi connectivity index (χ2v) is 8.71. The number of ketones is 1. The van der Waals surface area contributed by atoms with Gasteiger partial charge in [0.05, 0.1) is 7.11 Å². The van der Waals surface area contributed by atoms with Crippen molar-refractivity contribution in [1.29, 1.82) is 0 Å². The summed E-state index contributed by atoms with van der Waals surface area (Å²) < 4.78 is 5.50. The quantitative estimate of drug-likeness (QED) is 0.548. The molecule has 1 heterocycles. The first-order valence-corrected chi connectivity index (χ1v) is 10.2. The number of benzene rings is 2. The number of anilines is 1. The molecule has 0 bridgehead atoms. The molecule has 0 spiro atoms. The summed E-state index contributed by atoms with van der Waals surface area (Å²) in [5.41, 5.74) is 3.94. The van der Waals surface area contributed by atoms with Gasteiger partial charge in [-0.1, -0.05) is 39.0 Å². The number of allylic oxidation sites excluding steroid dienone is 1. The maximum absolute atomic E-state index is 13.1. The molecule has 0 aliphatic carbocycles. The number of nitrogens with zero attached hydrogens (tertiary/aromatic N) is 2. The highest BCUT2D eigenvalue weighted by Gasteiger charge is 2.19. The Labute approximate surface area is 174 Å². The fraction of sp³-hybridized carbons (Fsp3) is 0.400. The van der Waals surface area contributed by atoms with Crippen LogP contribution in [0, 0.1) is 0 Å². The molecule has 1 saturated heterocycles. The number of carbonyl (C=O) groups excluding carboxylic acids is 1. The molecule has 29 heavy (non-hydrogen) atoms. The minimum atomic E-state index is 0.0164. The summed E-state index contributed by atoms with van der Waals surface area (Å²) in [5.74, 6) is 0.789. The van der Waals surface area contributed by atoms with Gasteiger partial charge >= 0.3 is 0 Å². The number of methoxy groups -OCH3 is 1. The van der Waals surface area contributed by atoms with E-state index in [2.05, 4.69) is 49.8 Å². The zero-order valence-electron chi connectivity index (χ0n) is 18.2. The second-order valence-electron chi connectivity index (χ2n) is 8.71. The van der Waals surface area contributed by atoms with Gasteiger partial charge in [0.2, 0.25) is 0 Å². The summed E-state index contributed by atoms with van der Waals surface area (Å²) in [4.78, 5) is 17.7. The van der Waals surface area contributed by atoms with Crippen molar-refractivity contribution in [3.63, 3.8) is 0 Å². The van der Waals surface area contributed by atoms with Gasteiger partial charge in [0, 0.05) is 43.0 Å². The van der Waals surface area contributed by atoms with Gasteiger partial charge in [-0.15, -0.1) is 0 Å². The van der Waals surface area contributed by atoms with Crippen LogP contribution in [0.3, 0.4) is 0 Å². The van der Waals surface area contributed by atoms with Gasteiger partial charge in [-0.3, -0.25) is 4.79 Å². The van der Waals surface area contributed by atoms with Crippen molar-refractivity contribution < 1.29 is 9.53 Å². The molecule has 2 aromatic rings. The Bertz CT molecular complexity index is 888. The number of rotatable bonds is 5.